The standard InChI is InChI=1S/C19H12O2/c20-19(21)12-9-10-17-15-7-2-1-5-13(15)14-6-3-4-8-16(14)18(17)11-12/h1-11H,(H,20,21). The Hall–Kier alpha value is -2.87. The molecular weight excluding hydrogens is 260 g/mol. The van der Waals surface area contributed by atoms with Crippen LogP contribution in [0.3, 0.4) is 0 Å². The smallest absolute Gasteiger partial charge is 0.335 e. The van der Waals surface area contributed by atoms with Crippen molar-refractivity contribution in [2.45, 2.75) is 0 Å². The van der Waals surface area contributed by atoms with Gasteiger partial charge in [-0.3, -0.25) is 0 Å². The first-order valence-electron chi connectivity index (χ1n) is 6.82. The summed E-state index contributed by atoms with van der Waals surface area (Å²) in [7, 11) is 0. The van der Waals surface area contributed by atoms with E-state index in [9.17, 15) is 9.90 Å². The lowest BCUT2D eigenvalue weighted by atomic mass is 9.93. The average molecular weight is 272 g/mol. The highest BCUT2D eigenvalue weighted by molar-refractivity contribution is 6.25. The van der Waals surface area contributed by atoms with Crippen LogP contribution in [0, 0.1) is 0 Å². The number of fused-ring (bicyclic) bond motifs is 6. The molecule has 0 radical (unpaired) electrons. The molecule has 0 aliphatic heterocycles. The number of rotatable bonds is 1. The van der Waals surface area contributed by atoms with Gasteiger partial charge in [0.1, 0.15) is 0 Å². The summed E-state index contributed by atoms with van der Waals surface area (Å²) in [6.45, 7) is 0. The van der Waals surface area contributed by atoms with E-state index in [-0.39, 0.29) is 0 Å². The van der Waals surface area contributed by atoms with E-state index in [1.54, 1.807) is 12.1 Å². The predicted octanol–water partition coefficient (Wildman–Crippen LogP) is 4.84. The SMILES string of the molecule is O=C(O)c1ccc2c3ccccc3c3ccccc3c2c1. The first-order valence-corrected chi connectivity index (χ1v) is 6.82. The van der Waals surface area contributed by atoms with Crippen LogP contribution >= 0.6 is 0 Å². The molecule has 0 spiro atoms. The van der Waals surface area contributed by atoms with E-state index in [1.165, 1.54) is 5.39 Å². The van der Waals surface area contributed by atoms with Gasteiger partial charge in [0.25, 0.3) is 0 Å². The molecule has 100 valence electrons. The molecule has 0 heterocycles. The van der Waals surface area contributed by atoms with Crippen molar-refractivity contribution < 1.29 is 9.90 Å². The van der Waals surface area contributed by atoms with Crippen molar-refractivity contribution in [1.82, 2.24) is 0 Å². The van der Waals surface area contributed by atoms with Gasteiger partial charge in [0.2, 0.25) is 0 Å². The van der Waals surface area contributed by atoms with Gasteiger partial charge < -0.3 is 5.11 Å². The summed E-state index contributed by atoms with van der Waals surface area (Å²) in [5.41, 5.74) is 0.322. The first-order chi connectivity index (χ1) is 10.3. The molecule has 0 atom stereocenters. The average Bonchev–Trinajstić information content (AvgIpc) is 2.54. The monoisotopic (exact) mass is 272 g/mol. The highest BCUT2D eigenvalue weighted by Gasteiger charge is 2.10. The molecule has 0 amide bonds. The quantitative estimate of drug-likeness (QED) is 0.503. The molecule has 0 aliphatic carbocycles. The molecule has 0 saturated heterocycles. The molecule has 2 nitrogen and oxygen atoms in total. The van der Waals surface area contributed by atoms with Crippen LogP contribution in [0.5, 0.6) is 0 Å². The van der Waals surface area contributed by atoms with Crippen LogP contribution in [0.1, 0.15) is 10.4 Å². The van der Waals surface area contributed by atoms with Crippen molar-refractivity contribution in [2.24, 2.45) is 0 Å². The Kier molecular flexibility index (Phi) is 2.45. The Morgan fingerprint density at radius 1 is 0.619 bits per heavy atom. The lowest BCUT2D eigenvalue weighted by molar-refractivity contribution is 0.0697. The van der Waals surface area contributed by atoms with E-state index in [4.69, 9.17) is 0 Å². The molecule has 4 rings (SSSR count). The maximum atomic E-state index is 11.2. The Balaban J connectivity index is 2.33. The molecule has 0 saturated carbocycles. The van der Waals surface area contributed by atoms with Gasteiger partial charge in [-0.1, -0.05) is 54.6 Å². The topological polar surface area (TPSA) is 37.3 Å². The summed E-state index contributed by atoms with van der Waals surface area (Å²) in [4.78, 5) is 11.2. The summed E-state index contributed by atoms with van der Waals surface area (Å²) in [5, 5.41) is 15.9. The number of carboxylic acid groups (broad SMARTS) is 1. The summed E-state index contributed by atoms with van der Waals surface area (Å²) in [6, 6.07) is 21.7. The van der Waals surface area contributed by atoms with Gasteiger partial charge >= 0.3 is 5.97 Å². The van der Waals surface area contributed by atoms with Crippen molar-refractivity contribution in [3.8, 4) is 0 Å². The summed E-state index contributed by atoms with van der Waals surface area (Å²) in [5.74, 6) is -0.894. The normalized spacial score (nSPS) is 11.2. The van der Waals surface area contributed by atoms with E-state index in [0.717, 1.165) is 26.9 Å². The van der Waals surface area contributed by atoms with Gasteiger partial charge in [-0.15, -0.1) is 0 Å². The van der Waals surface area contributed by atoms with Gasteiger partial charge in [-0.05, 0) is 44.5 Å². The minimum Gasteiger partial charge on any atom is -0.478 e. The number of hydrogen-bond acceptors (Lipinski definition) is 1. The maximum Gasteiger partial charge on any atom is 0.335 e. The summed E-state index contributed by atoms with van der Waals surface area (Å²) < 4.78 is 0. The van der Waals surface area contributed by atoms with E-state index >= 15 is 0 Å². The molecule has 2 heteroatoms. The van der Waals surface area contributed by atoms with Crippen LogP contribution in [0.4, 0.5) is 0 Å². The van der Waals surface area contributed by atoms with E-state index in [2.05, 4.69) is 24.3 Å². The molecule has 4 aromatic carbocycles. The van der Waals surface area contributed by atoms with Crippen molar-refractivity contribution in [3.05, 3.63) is 72.3 Å². The van der Waals surface area contributed by atoms with Crippen molar-refractivity contribution in [2.75, 3.05) is 0 Å². The maximum absolute atomic E-state index is 11.2. The van der Waals surface area contributed by atoms with Crippen LogP contribution in [-0.4, -0.2) is 11.1 Å². The van der Waals surface area contributed by atoms with Crippen molar-refractivity contribution in [3.63, 3.8) is 0 Å². The zero-order valence-electron chi connectivity index (χ0n) is 11.2. The molecule has 0 aromatic heterocycles. The van der Waals surface area contributed by atoms with E-state index < -0.39 is 5.97 Å². The van der Waals surface area contributed by atoms with E-state index in [1.807, 2.05) is 30.3 Å². The Bertz CT molecular complexity index is 980. The largest absolute Gasteiger partial charge is 0.478 e. The highest BCUT2D eigenvalue weighted by Crippen LogP contribution is 2.35. The minimum atomic E-state index is -0.894. The molecule has 4 aromatic rings. The molecular formula is C19H12O2. The number of hydrogen-bond donors (Lipinski definition) is 1. The number of carboxylic acids is 1. The van der Waals surface area contributed by atoms with Crippen LogP contribution in [-0.2, 0) is 0 Å². The van der Waals surface area contributed by atoms with E-state index in [0.29, 0.717) is 5.56 Å². The Morgan fingerprint density at radius 2 is 1.05 bits per heavy atom. The first kappa shape index (κ1) is 11.9. The molecule has 21 heavy (non-hydrogen) atoms. The predicted molar refractivity (Wildman–Crippen MR) is 85.9 cm³/mol. The second-order valence-electron chi connectivity index (χ2n) is 5.16. The zero-order valence-corrected chi connectivity index (χ0v) is 11.2. The third-order valence-electron chi connectivity index (χ3n) is 3.99. The van der Waals surface area contributed by atoms with Crippen LogP contribution in [0.15, 0.2) is 66.7 Å². The van der Waals surface area contributed by atoms with Gasteiger partial charge in [-0.25, -0.2) is 4.79 Å². The van der Waals surface area contributed by atoms with Crippen LogP contribution in [0.2, 0.25) is 0 Å². The Morgan fingerprint density at radius 3 is 1.52 bits per heavy atom. The van der Waals surface area contributed by atoms with Gasteiger partial charge in [0, 0.05) is 0 Å². The second kappa shape index (κ2) is 4.32. The lowest BCUT2D eigenvalue weighted by Gasteiger charge is -2.10. The molecule has 1 N–H and O–H groups in total. The van der Waals surface area contributed by atoms with Crippen molar-refractivity contribution >= 4 is 38.3 Å². The van der Waals surface area contributed by atoms with Crippen LogP contribution < -0.4 is 0 Å². The molecule has 0 unspecified atom stereocenters. The summed E-state index contributed by atoms with van der Waals surface area (Å²) in [6.07, 6.45) is 0. The second-order valence-corrected chi connectivity index (χ2v) is 5.16. The van der Waals surface area contributed by atoms with Crippen molar-refractivity contribution in [1.29, 1.82) is 0 Å². The van der Waals surface area contributed by atoms with Gasteiger partial charge in [-0.2, -0.15) is 0 Å². The minimum absolute atomic E-state index is 0.322. The molecule has 0 aliphatic rings. The number of aromatic carboxylic acids is 1. The van der Waals surface area contributed by atoms with Gasteiger partial charge in [0.05, 0.1) is 5.56 Å². The fraction of sp³-hybridized carbons (Fsp3) is 0. The number of benzene rings is 4. The lowest BCUT2D eigenvalue weighted by Crippen LogP contribution is -1.95. The van der Waals surface area contributed by atoms with Gasteiger partial charge in [0.15, 0.2) is 0 Å². The Labute approximate surface area is 121 Å². The third-order valence-corrected chi connectivity index (χ3v) is 3.99. The third kappa shape index (κ3) is 1.69. The summed E-state index contributed by atoms with van der Waals surface area (Å²) >= 11 is 0. The fourth-order valence-corrected chi connectivity index (χ4v) is 3.04. The highest BCUT2D eigenvalue weighted by atomic mass is 16.4. The molecule has 0 fully saturated rings. The van der Waals surface area contributed by atoms with Crippen LogP contribution in [0.25, 0.3) is 32.3 Å². The fourth-order valence-electron chi connectivity index (χ4n) is 3.04. The zero-order chi connectivity index (χ0) is 14.4. The molecule has 0 bridgehead atoms. The number of carbonyl (C=O) groups is 1.